The predicted molar refractivity (Wildman–Crippen MR) is 157 cm³/mol. The standard InChI is InChI=1S/C32H33BrClNO5/c1-31(2)12-22-29(24(36)14-31)28(30-23(35(22)16-27(38)39)13-32(3,4)15-25(30)37)21-11-20(34)9-10-26(21)40-17-18-5-7-19(33)8-6-18/h5-11,28H,12-17H2,1-4H3,(H,38,39). The van der Waals surface area contributed by atoms with E-state index in [1.54, 1.807) is 23.1 Å². The van der Waals surface area contributed by atoms with Crippen molar-refractivity contribution in [3.05, 3.63) is 85.6 Å². The third-order valence-electron chi connectivity index (χ3n) is 7.91. The molecule has 1 aliphatic heterocycles. The largest absolute Gasteiger partial charge is 0.489 e. The SMILES string of the molecule is CC1(C)CC(=O)C2=C(C1)N(CC(=O)O)C1=C(C(=O)CC(C)(C)C1)C2c1cc(Cl)ccc1OCc1ccc(Br)cc1. The Morgan fingerprint density at radius 3 is 2.02 bits per heavy atom. The number of ketones is 2. The van der Waals surface area contributed by atoms with Crippen LogP contribution in [0, 0.1) is 10.8 Å². The van der Waals surface area contributed by atoms with Crippen molar-refractivity contribution in [2.24, 2.45) is 10.8 Å². The zero-order valence-corrected chi connectivity index (χ0v) is 25.5. The smallest absolute Gasteiger partial charge is 0.323 e. The summed E-state index contributed by atoms with van der Waals surface area (Å²) in [7, 11) is 0. The second-order valence-electron chi connectivity index (χ2n) is 12.6. The number of hydrogen-bond acceptors (Lipinski definition) is 5. The highest BCUT2D eigenvalue weighted by atomic mass is 79.9. The van der Waals surface area contributed by atoms with Crippen LogP contribution in [-0.4, -0.2) is 34.1 Å². The van der Waals surface area contributed by atoms with Gasteiger partial charge in [0.05, 0.1) is 0 Å². The summed E-state index contributed by atoms with van der Waals surface area (Å²) < 4.78 is 7.29. The lowest BCUT2D eigenvalue weighted by atomic mass is 9.63. The minimum atomic E-state index is -1.01. The molecule has 0 saturated carbocycles. The van der Waals surface area contributed by atoms with Gasteiger partial charge in [0.1, 0.15) is 18.9 Å². The maximum atomic E-state index is 13.9. The Morgan fingerprint density at radius 1 is 0.950 bits per heavy atom. The van der Waals surface area contributed by atoms with Gasteiger partial charge in [-0.25, -0.2) is 0 Å². The number of carbonyl (C=O) groups excluding carboxylic acids is 2. The topological polar surface area (TPSA) is 83.9 Å². The summed E-state index contributed by atoms with van der Waals surface area (Å²) in [5.41, 5.74) is 3.28. The predicted octanol–water partition coefficient (Wildman–Crippen LogP) is 7.45. The number of aliphatic carboxylic acids is 1. The molecule has 2 aliphatic carbocycles. The fourth-order valence-electron chi connectivity index (χ4n) is 6.30. The first-order valence-electron chi connectivity index (χ1n) is 13.4. The van der Waals surface area contributed by atoms with E-state index in [4.69, 9.17) is 16.3 Å². The van der Waals surface area contributed by atoms with Crippen molar-refractivity contribution in [3.63, 3.8) is 0 Å². The molecule has 0 unspecified atom stereocenters. The van der Waals surface area contributed by atoms with Gasteiger partial charge in [-0.05, 0) is 59.6 Å². The van der Waals surface area contributed by atoms with Gasteiger partial charge in [-0.15, -0.1) is 0 Å². The summed E-state index contributed by atoms with van der Waals surface area (Å²) in [5.74, 6) is -1.30. The van der Waals surface area contributed by atoms with Crippen LogP contribution >= 0.6 is 27.5 Å². The zero-order valence-electron chi connectivity index (χ0n) is 23.1. The molecule has 2 aromatic rings. The van der Waals surface area contributed by atoms with E-state index in [1.165, 1.54) is 0 Å². The fourth-order valence-corrected chi connectivity index (χ4v) is 6.75. The van der Waals surface area contributed by atoms with Crippen molar-refractivity contribution in [2.75, 3.05) is 6.54 Å². The molecule has 0 amide bonds. The molecule has 0 radical (unpaired) electrons. The summed E-state index contributed by atoms with van der Waals surface area (Å²) in [6.45, 7) is 8.08. The Kier molecular flexibility index (Phi) is 7.51. The number of rotatable bonds is 6. The van der Waals surface area contributed by atoms with Crippen LogP contribution in [0.4, 0.5) is 0 Å². The summed E-state index contributed by atoms with van der Waals surface area (Å²) in [5, 5.41) is 10.4. The summed E-state index contributed by atoms with van der Waals surface area (Å²) in [6, 6.07) is 13.1. The molecule has 1 heterocycles. The average Bonchev–Trinajstić information content (AvgIpc) is 2.83. The van der Waals surface area contributed by atoms with Gasteiger partial charge in [0, 0.05) is 56.4 Å². The Labute approximate surface area is 248 Å². The van der Waals surface area contributed by atoms with Crippen LogP contribution in [0.3, 0.4) is 0 Å². The first-order chi connectivity index (χ1) is 18.7. The molecule has 0 atom stereocenters. The van der Waals surface area contributed by atoms with Crippen LogP contribution in [-0.2, 0) is 21.0 Å². The summed E-state index contributed by atoms with van der Waals surface area (Å²) >= 11 is 9.99. The molecule has 0 fully saturated rings. The molecule has 5 rings (SSSR count). The Balaban J connectivity index is 1.71. The van der Waals surface area contributed by atoms with Crippen molar-refractivity contribution in [1.29, 1.82) is 0 Å². The molecule has 0 saturated heterocycles. The van der Waals surface area contributed by atoms with Gasteiger partial charge in [-0.1, -0.05) is 67.4 Å². The number of benzene rings is 2. The summed E-state index contributed by atoms with van der Waals surface area (Å²) in [6.07, 6.45) is 1.67. The number of carboxylic acids is 1. The third kappa shape index (κ3) is 5.64. The average molecular weight is 627 g/mol. The minimum absolute atomic E-state index is 0.0744. The number of carbonyl (C=O) groups is 3. The monoisotopic (exact) mass is 625 g/mol. The van der Waals surface area contributed by atoms with Gasteiger partial charge < -0.3 is 14.7 Å². The Morgan fingerprint density at radius 2 is 1.50 bits per heavy atom. The number of hydrogen-bond donors (Lipinski definition) is 1. The van der Waals surface area contributed by atoms with E-state index in [0.717, 1.165) is 10.0 Å². The van der Waals surface area contributed by atoms with E-state index < -0.39 is 11.9 Å². The Bertz CT molecular complexity index is 1420. The fraction of sp³-hybridized carbons (Fsp3) is 0.406. The zero-order chi connectivity index (χ0) is 29.0. The molecule has 0 spiro atoms. The lowest BCUT2D eigenvalue weighted by molar-refractivity contribution is -0.138. The van der Waals surface area contributed by atoms with Gasteiger partial charge in [0.25, 0.3) is 0 Å². The highest BCUT2D eigenvalue weighted by Gasteiger charge is 2.49. The maximum Gasteiger partial charge on any atom is 0.323 e. The van der Waals surface area contributed by atoms with Crippen LogP contribution in [0.25, 0.3) is 0 Å². The number of allylic oxidation sites excluding steroid dienone is 4. The van der Waals surface area contributed by atoms with Crippen molar-refractivity contribution in [1.82, 2.24) is 4.90 Å². The number of nitrogens with zero attached hydrogens (tertiary/aromatic N) is 1. The van der Waals surface area contributed by atoms with Crippen LogP contribution in [0.2, 0.25) is 5.02 Å². The van der Waals surface area contributed by atoms with E-state index in [9.17, 15) is 19.5 Å². The van der Waals surface area contributed by atoms with Gasteiger partial charge in [0.2, 0.25) is 0 Å². The van der Waals surface area contributed by atoms with E-state index >= 15 is 0 Å². The van der Waals surface area contributed by atoms with Crippen LogP contribution in [0.15, 0.2) is 69.5 Å². The quantitative estimate of drug-likeness (QED) is 0.359. The van der Waals surface area contributed by atoms with Gasteiger partial charge in [0.15, 0.2) is 11.6 Å². The van der Waals surface area contributed by atoms with Crippen molar-refractivity contribution in [2.45, 2.75) is 65.9 Å². The van der Waals surface area contributed by atoms with Crippen LogP contribution < -0.4 is 4.74 Å². The van der Waals surface area contributed by atoms with E-state index in [2.05, 4.69) is 15.9 Å². The van der Waals surface area contributed by atoms with Crippen molar-refractivity contribution in [3.8, 4) is 5.75 Å². The second kappa shape index (κ2) is 10.5. The Hall–Kier alpha value is -2.90. The minimum Gasteiger partial charge on any atom is -0.489 e. The van der Waals surface area contributed by atoms with Gasteiger partial charge in [-0.2, -0.15) is 0 Å². The lowest BCUT2D eigenvalue weighted by Crippen LogP contribution is -2.45. The van der Waals surface area contributed by atoms with Gasteiger partial charge in [-0.3, -0.25) is 14.4 Å². The molecular weight excluding hydrogens is 594 g/mol. The molecule has 8 heteroatoms. The number of carboxylic acid groups (broad SMARTS) is 1. The number of Topliss-reactive ketones (excluding diaryl/α,β-unsaturated/α-hetero) is 2. The number of halogens is 2. The molecule has 210 valence electrons. The molecule has 6 nitrogen and oxygen atoms in total. The maximum absolute atomic E-state index is 13.9. The molecule has 2 aromatic carbocycles. The van der Waals surface area contributed by atoms with Crippen LogP contribution in [0.5, 0.6) is 5.75 Å². The third-order valence-corrected chi connectivity index (χ3v) is 8.67. The lowest BCUT2D eigenvalue weighted by Gasteiger charge is -2.48. The van der Waals surface area contributed by atoms with Crippen LogP contribution in [0.1, 0.15) is 70.4 Å². The van der Waals surface area contributed by atoms with Crippen molar-refractivity contribution < 1.29 is 24.2 Å². The first-order valence-corrected chi connectivity index (χ1v) is 14.6. The van der Waals surface area contributed by atoms with Gasteiger partial charge >= 0.3 is 5.97 Å². The molecule has 0 bridgehead atoms. The molecular formula is C32H33BrClNO5. The first kappa shape index (κ1) is 28.6. The van der Waals surface area contributed by atoms with E-state index in [-0.39, 0.29) is 28.9 Å². The van der Waals surface area contributed by atoms with E-state index in [1.807, 2.05) is 52.0 Å². The molecule has 3 aliphatic rings. The number of ether oxygens (including phenoxy) is 1. The normalized spacial score (nSPS) is 20.4. The highest BCUT2D eigenvalue weighted by molar-refractivity contribution is 9.10. The molecule has 0 aromatic heterocycles. The van der Waals surface area contributed by atoms with Crippen molar-refractivity contribution >= 4 is 45.1 Å². The summed E-state index contributed by atoms with van der Waals surface area (Å²) in [4.78, 5) is 41.7. The highest BCUT2D eigenvalue weighted by Crippen LogP contribution is 2.55. The molecule has 1 N–H and O–H groups in total. The molecule has 40 heavy (non-hydrogen) atoms. The van der Waals surface area contributed by atoms with E-state index in [0.29, 0.717) is 71.2 Å². The second-order valence-corrected chi connectivity index (χ2v) is 14.0.